The summed E-state index contributed by atoms with van der Waals surface area (Å²) < 4.78 is 32.7. The molecule has 6 heteroatoms. The highest BCUT2D eigenvalue weighted by Crippen LogP contribution is 2.31. The van der Waals surface area contributed by atoms with Crippen LogP contribution in [0.2, 0.25) is 0 Å². The Morgan fingerprint density at radius 1 is 1.33 bits per heavy atom. The lowest BCUT2D eigenvalue weighted by molar-refractivity contribution is 0.378. The number of benzene rings is 1. The quantitative estimate of drug-likeness (QED) is 0.899. The minimum absolute atomic E-state index is 0.0442. The van der Waals surface area contributed by atoms with Crippen LogP contribution in [-0.2, 0) is 10.0 Å². The summed E-state index contributed by atoms with van der Waals surface area (Å²) in [6, 6.07) is 3.45. The van der Waals surface area contributed by atoms with Crippen molar-refractivity contribution >= 4 is 10.0 Å². The number of likely N-dealkylation sites (N-methyl/N-ethyl adjacent to an activating group) is 1. The van der Waals surface area contributed by atoms with Crippen molar-refractivity contribution in [3.05, 3.63) is 23.3 Å². The van der Waals surface area contributed by atoms with Gasteiger partial charge in [0.15, 0.2) is 0 Å². The molecule has 0 bridgehead atoms. The van der Waals surface area contributed by atoms with Crippen molar-refractivity contribution in [3.63, 3.8) is 0 Å². The molecule has 1 aliphatic rings. The summed E-state index contributed by atoms with van der Waals surface area (Å²) in [6.45, 7) is 5.03. The molecule has 5 nitrogen and oxygen atoms in total. The van der Waals surface area contributed by atoms with E-state index >= 15 is 0 Å². The summed E-state index contributed by atoms with van der Waals surface area (Å²) in [5.41, 5.74) is 1.70. The Balaban J connectivity index is 2.40. The van der Waals surface area contributed by atoms with Gasteiger partial charge in [-0.15, -0.1) is 0 Å². The highest BCUT2D eigenvalue weighted by Gasteiger charge is 2.35. The molecule has 1 N–H and O–H groups in total. The van der Waals surface area contributed by atoms with E-state index in [0.29, 0.717) is 18.0 Å². The van der Waals surface area contributed by atoms with Crippen LogP contribution in [0.4, 0.5) is 0 Å². The molecule has 0 spiro atoms. The third kappa shape index (κ3) is 3.07. The van der Waals surface area contributed by atoms with E-state index in [0.717, 1.165) is 29.7 Å². The number of sulfonamides is 1. The van der Waals surface area contributed by atoms with Gasteiger partial charge in [-0.2, -0.15) is 4.31 Å². The SMILES string of the molecule is CNCC1CCCN1S(=O)(=O)c1cc(C)c(OC)c(C)c1. The summed E-state index contributed by atoms with van der Waals surface area (Å²) in [4.78, 5) is 0.362. The molecular formula is C15H24N2O3S. The molecule has 0 aromatic heterocycles. The van der Waals surface area contributed by atoms with Gasteiger partial charge in [0.1, 0.15) is 5.75 Å². The first-order chi connectivity index (χ1) is 9.91. The van der Waals surface area contributed by atoms with Gasteiger partial charge in [0.05, 0.1) is 12.0 Å². The molecule has 1 heterocycles. The van der Waals surface area contributed by atoms with Crippen molar-refractivity contribution in [1.82, 2.24) is 9.62 Å². The molecule has 1 unspecified atom stereocenters. The maximum absolute atomic E-state index is 12.9. The fraction of sp³-hybridized carbons (Fsp3) is 0.600. The summed E-state index contributed by atoms with van der Waals surface area (Å²) >= 11 is 0. The molecule has 0 amide bonds. The molecule has 0 aliphatic carbocycles. The smallest absolute Gasteiger partial charge is 0.243 e. The van der Waals surface area contributed by atoms with Crippen molar-refractivity contribution < 1.29 is 13.2 Å². The number of aryl methyl sites for hydroxylation is 2. The maximum Gasteiger partial charge on any atom is 0.243 e. The standard InChI is InChI=1S/C15H24N2O3S/c1-11-8-14(9-12(2)15(11)20-4)21(18,19)17-7-5-6-13(17)10-16-3/h8-9,13,16H,5-7,10H2,1-4H3. The summed E-state index contributed by atoms with van der Waals surface area (Å²) in [5.74, 6) is 0.752. The molecule has 1 aromatic carbocycles. The van der Waals surface area contributed by atoms with E-state index < -0.39 is 10.0 Å². The normalized spacial score (nSPS) is 19.9. The van der Waals surface area contributed by atoms with Crippen molar-refractivity contribution in [2.24, 2.45) is 0 Å². The van der Waals surface area contributed by atoms with Gasteiger partial charge >= 0.3 is 0 Å². The molecule has 21 heavy (non-hydrogen) atoms. The Labute approximate surface area is 127 Å². The molecule has 2 rings (SSSR count). The van der Waals surface area contributed by atoms with Crippen LogP contribution in [0.3, 0.4) is 0 Å². The first-order valence-corrected chi connectivity index (χ1v) is 8.67. The van der Waals surface area contributed by atoms with Crippen LogP contribution in [0.5, 0.6) is 5.75 Å². The Kier molecular flexibility index (Phi) is 4.91. The number of rotatable bonds is 5. The molecule has 118 valence electrons. The van der Waals surface area contributed by atoms with Gasteiger partial charge in [0.25, 0.3) is 0 Å². The lowest BCUT2D eigenvalue weighted by atomic mass is 10.1. The van der Waals surface area contributed by atoms with E-state index in [1.54, 1.807) is 23.5 Å². The largest absolute Gasteiger partial charge is 0.496 e. The molecule has 1 aromatic rings. The predicted molar refractivity (Wildman–Crippen MR) is 83.3 cm³/mol. The topological polar surface area (TPSA) is 58.6 Å². The van der Waals surface area contributed by atoms with E-state index in [-0.39, 0.29) is 6.04 Å². The zero-order valence-corrected chi connectivity index (χ0v) is 14.0. The van der Waals surface area contributed by atoms with Crippen LogP contribution < -0.4 is 10.1 Å². The number of ether oxygens (including phenoxy) is 1. The van der Waals surface area contributed by atoms with Gasteiger partial charge in [0.2, 0.25) is 10.0 Å². The third-order valence-electron chi connectivity index (χ3n) is 4.01. The lowest BCUT2D eigenvalue weighted by Crippen LogP contribution is -2.40. The van der Waals surface area contributed by atoms with Gasteiger partial charge < -0.3 is 10.1 Å². The zero-order chi connectivity index (χ0) is 15.6. The van der Waals surface area contributed by atoms with Gasteiger partial charge in [0, 0.05) is 19.1 Å². The molecule has 0 radical (unpaired) electrons. The van der Waals surface area contributed by atoms with Gasteiger partial charge in [-0.1, -0.05) is 0 Å². The second-order valence-corrected chi connectivity index (χ2v) is 7.45. The fourth-order valence-electron chi connectivity index (χ4n) is 3.08. The molecule has 1 fully saturated rings. The highest BCUT2D eigenvalue weighted by molar-refractivity contribution is 7.89. The van der Waals surface area contributed by atoms with Crippen LogP contribution in [0.15, 0.2) is 17.0 Å². The van der Waals surface area contributed by atoms with Gasteiger partial charge in [-0.25, -0.2) is 8.42 Å². The maximum atomic E-state index is 12.9. The average molecular weight is 312 g/mol. The highest BCUT2D eigenvalue weighted by atomic mass is 32.2. The lowest BCUT2D eigenvalue weighted by Gasteiger charge is -2.24. The first-order valence-electron chi connectivity index (χ1n) is 7.23. The Morgan fingerprint density at radius 3 is 2.48 bits per heavy atom. The third-order valence-corrected chi connectivity index (χ3v) is 5.94. The average Bonchev–Trinajstić information content (AvgIpc) is 2.87. The molecular weight excluding hydrogens is 288 g/mol. The number of nitrogens with one attached hydrogen (secondary N) is 1. The second kappa shape index (κ2) is 6.34. The Bertz CT molecular complexity index is 590. The van der Waals surface area contributed by atoms with Gasteiger partial charge in [-0.05, 0) is 57.0 Å². The van der Waals surface area contributed by atoms with Crippen molar-refractivity contribution in [2.75, 3.05) is 27.2 Å². The first kappa shape index (κ1) is 16.3. The van der Waals surface area contributed by atoms with Crippen LogP contribution >= 0.6 is 0 Å². The zero-order valence-electron chi connectivity index (χ0n) is 13.1. The number of nitrogens with zero attached hydrogens (tertiary/aromatic N) is 1. The van der Waals surface area contributed by atoms with Crippen LogP contribution in [0, 0.1) is 13.8 Å². The van der Waals surface area contributed by atoms with Crippen molar-refractivity contribution in [3.8, 4) is 5.75 Å². The fourth-order valence-corrected chi connectivity index (χ4v) is 4.95. The predicted octanol–water partition coefficient (Wildman–Crippen LogP) is 1.68. The summed E-state index contributed by atoms with van der Waals surface area (Å²) in [5, 5.41) is 3.08. The Hall–Kier alpha value is -1.11. The minimum atomic E-state index is -3.44. The van der Waals surface area contributed by atoms with Crippen molar-refractivity contribution in [2.45, 2.75) is 37.6 Å². The van der Waals surface area contributed by atoms with E-state index in [4.69, 9.17) is 4.74 Å². The summed E-state index contributed by atoms with van der Waals surface area (Å²) in [7, 11) is 0.0138. The van der Waals surface area contributed by atoms with Crippen LogP contribution in [0.25, 0.3) is 0 Å². The minimum Gasteiger partial charge on any atom is -0.496 e. The molecule has 1 atom stereocenters. The van der Waals surface area contributed by atoms with E-state index in [1.807, 2.05) is 20.9 Å². The number of hydrogen-bond acceptors (Lipinski definition) is 4. The van der Waals surface area contributed by atoms with Crippen LogP contribution in [0.1, 0.15) is 24.0 Å². The summed E-state index contributed by atoms with van der Waals surface area (Å²) in [6.07, 6.45) is 1.83. The van der Waals surface area contributed by atoms with Crippen LogP contribution in [-0.4, -0.2) is 46.0 Å². The van der Waals surface area contributed by atoms with Crippen molar-refractivity contribution in [1.29, 1.82) is 0 Å². The second-order valence-electron chi connectivity index (χ2n) is 5.56. The molecule has 1 aliphatic heterocycles. The molecule has 1 saturated heterocycles. The molecule has 0 saturated carbocycles. The van der Waals surface area contributed by atoms with Gasteiger partial charge in [-0.3, -0.25) is 0 Å². The van der Waals surface area contributed by atoms with E-state index in [1.165, 1.54) is 0 Å². The van der Waals surface area contributed by atoms with E-state index in [9.17, 15) is 8.42 Å². The van der Waals surface area contributed by atoms with E-state index in [2.05, 4.69) is 5.32 Å². The Morgan fingerprint density at radius 2 is 1.95 bits per heavy atom. The number of hydrogen-bond donors (Lipinski definition) is 1. The number of methoxy groups -OCH3 is 1. The monoisotopic (exact) mass is 312 g/mol.